The molecule has 1 N–H and O–H groups in total. The van der Waals surface area contributed by atoms with E-state index in [-0.39, 0.29) is 28.9 Å². The smallest absolute Gasteiger partial charge is 0.259 e. The monoisotopic (exact) mass is 575 g/mol. The Bertz CT molecular complexity index is 1760. The Hall–Kier alpha value is -3.40. The molecule has 1 fully saturated rings. The Kier molecular flexibility index (Phi) is 7.08. The molecule has 0 radical (unpaired) electrons. The summed E-state index contributed by atoms with van der Waals surface area (Å²) < 4.78 is 20.6. The van der Waals surface area contributed by atoms with E-state index in [0.717, 1.165) is 47.1 Å². The fourth-order valence-corrected chi connectivity index (χ4v) is 6.55. The fourth-order valence-electron chi connectivity index (χ4n) is 6.39. The van der Waals surface area contributed by atoms with Gasteiger partial charge in [-0.2, -0.15) is 5.10 Å². The second kappa shape index (κ2) is 10.5. The van der Waals surface area contributed by atoms with Gasteiger partial charge in [0.25, 0.3) is 5.56 Å². The number of halogens is 2. The van der Waals surface area contributed by atoms with Crippen LogP contribution in [0, 0.1) is 6.92 Å². The summed E-state index contributed by atoms with van der Waals surface area (Å²) in [5.74, 6) is -1.98. The molecule has 3 unspecified atom stereocenters. The van der Waals surface area contributed by atoms with Gasteiger partial charge in [-0.3, -0.25) is 24.6 Å². The van der Waals surface area contributed by atoms with Gasteiger partial charge in [-0.05, 0) is 69.5 Å². The molecular weight excluding hydrogens is 541 g/mol. The summed E-state index contributed by atoms with van der Waals surface area (Å²) in [5, 5.41) is 10.6. The van der Waals surface area contributed by atoms with Crippen LogP contribution in [0.1, 0.15) is 62.4 Å². The number of fused-ring (bicyclic) bond motifs is 3. The zero-order valence-electron chi connectivity index (χ0n) is 24.0. The van der Waals surface area contributed by atoms with Gasteiger partial charge in [-0.15, -0.1) is 0 Å². The van der Waals surface area contributed by atoms with Gasteiger partial charge in [0, 0.05) is 72.8 Å². The lowest BCUT2D eigenvalue weighted by Crippen LogP contribution is -2.50. The number of benzene rings is 1. The lowest BCUT2D eigenvalue weighted by Gasteiger charge is -2.33. The summed E-state index contributed by atoms with van der Waals surface area (Å²) in [6, 6.07) is 7.55. The highest BCUT2D eigenvalue weighted by Crippen LogP contribution is 2.36. The first kappa shape index (κ1) is 27.8. The molecule has 1 aromatic carbocycles. The van der Waals surface area contributed by atoms with Crippen LogP contribution in [0.25, 0.3) is 21.8 Å². The van der Waals surface area contributed by atoms with Gasteiger partial charge in [-0.1, -0.05) is 17.7 Å². The van der Waals surface area contributed by atoms with Crippen LogP contribution in [0.2, 0.25) is 0 Å². The standard InChI is InChI=1S/C31H35ClFN7O/c1-18(2)39-13-9-22(17-39)40-29-25(16-35-40)27-23(14-19(3)15-24(27)30(41)38(29)5)20(4)37-31(33)10-6-26(32)36-28(31)21-7-11-34-12-8-21/h6-8,11-12,14-16,18,20,22,37H,9-10,13,17H2,1-5H3. The number of alkyl halides is 1. The number of aryl methyl sites for hydroxylation is 2. The van der Waals surface area contributed by atoms with Crippen molar-refractivity contribution in [3.8, 4) is 0 Å². The van der Waals surface area contributed by atoms with Crippen LogP contribution >= 0.6 is 11.6 Å². The number of rotatable bonds is 6. The zero-order valence-corrected chi connectivity index (χ0v) is 24.8. The van der Waals surface area contributed by atoms with E-state index in [2.05, 4.69) is 34.0 Å². The van der Waals surface area contributed by atoms with E-state index in [4.69, 9.17) is 16.7 Å². The maximum Gasteiger partial charge on any atom is 0.259 e. The number of likely N-dealkylation sites (tertiary alicyclic amines) is 1. The number of aliphatic imine (C=N–C) groups is 1. The largest absolute Gasteiger partial charge is 0.299 e. The molecule has 0 saturated carbocycles. The van der Waals surface area contributed by atoms with E-state index >= 15 is 4.39 Å². The van der Waals surface area contributed by atoms with Crippen molar-refractivity contribution in [1.29, 1.82) is 0 Å². The van der Waals surface area contributed by atoms with Crippen molar-refractivity contribution in [3.05, 3.63) is 81.1 Å². The van der Waals surface area contributed by atoms with E-state index in [0.29, 0.717) is 17.0 Å². The van der Waals surface area contributed by atoms with Crippen LogP contribution in [-0.4, -0.2) is 54.9 Å². The quantitative estimate of drug-likeness (QED) is 0.306. The summed E-state index contributed by atoms with van der Waals surface area (Å²) in [4.78, 5) is 24.7. The number of aromatic nitrogens is 4. The molecule has 4 aromatic rings. The fraction of sp³-hybridized carbons (Fsp3) is 0.419. The average Bonchev–Trinajstić information content (AvgIpc) is 3.61. The topological polar surface area (TPSA) is 80.3 Å². The molecule has 0 bridgehead atoms. The van der Waals surface area contributed by atoms with Crippen molar-refractivity contribution in [2.45, 2.75) is 64.5 Å². The normalized spacial score (nSPS) is 22.5. The van der Waals surface area contributed by atoms with Crippen molar-refractivity contribution in [3.63, 3.8) is 0 Å². The molecule has 10 heteroatoms. The lowest BCUT2D eigenvalue weighted by atomic mass is 9.92. The zero-order chi connectivity index (χ0) is 29.1. The van der Waals surface area contributed by atoms with Crippen molar-refractivity contribution in [2.24, 2.45) is 12.0 Å². The van der Waals surface area contributed by atoms with Crippen LogP contribution in [0.15, 0.2) is 63.9 Å². The molecule has 3 atom stereocenters. The highest BCUT2D eigenvalue weighted by Gasteiger charge is 2.40. The lowest BCUT2D eigenvalue weighted by molar-refractivity contribution is 0.183. The number of hydrogen-bond donors (Lipinski definition) is 1. The summed E-state index contributed by atoms with van der Waals surface area (Å²) in [6.45, 7) is 10.2. The average molecular weight is 576 g/mol. The molecule has 214 valence electrons. The summed E-state index contributed by atoms with van der Waals surface area (Å²) in [5.41, 5.74) is 3.27. The Balaban J connectivity index is 1.47. The summed E-state index contributed by atoms with van der Waals surface area (Å²) in [7, 11) is 1.81. The SMILES string of the molecule is Cc1cc(C(C)NC2(F)CC=C(Cl)N=C2c2ccncc2)c2c(c1)c(=O)n(C)c1c2cnn1C1CCN(C(C)C)C1. The molecule has 5 heterocycles. The Morgan fingerprint density at radius 3 is 2.63 bits per heavy atom. The molecule has 41 heavy (non-hydrogen) atoms. The minimum Gasteiger partial charge on any atom is -0.299 e. The highest BCUT2D eigenvalue weighted by atomic mass is 35.5. The van der Waals surface area contributed by atoms with Crippen LogP contribution < -0.4 is 10.9 Å². The van der Waals surface area contributed by atoms with E-state index in [1.54, 1.807) is 35.2 Å². The Morgan fingerprint density at radius 1 is 1.17 bits per heavy atom. The third-order valence-electron chi connectivity index (χ3n) is 8.49. The predicted octanol–water partition coefficient (Wildman–Crippen LogP) is 5.54. The number of hydrogen-bond acceptors (Lipinski definition) is 6. The van der Waals surface area contributed by atoms with Gasteiger partial charge in [0.1, 0.15) is 16.5 Å². The van der Waals surface area contributed by atoms with Crippen LogP contribution in [0.3, 0.4) is 0 Å². The minimum atomic E-state index is -1.98. The third kappa shape index (κ3) is 4.79. The second-order valence-corrected chi connectivity index (χ2v) is 12.0. The van der Waals surface area contributed by atoms with Gasteiger partial charge in [0.2, 0.25) is 5.79 Å². The van der Waals surface area contributed by atoms with E-state index < -0.39 is 11.8 Å². The van der Waals surface area contributed by atoms with Crippen molar-refractivity contribution in [2.75, 3.05) is 13.1 Å². The minimum absolute atomic E-state index is 0.0181. The Morgan fingerprint density at radius 2 is 1.93 bits per heavy atom. The maximum absolute atomic E-state index is 16.8. The molecule has 6 rings (SSSR count). The van der Waals surface area contributed by atoms with E-state index in [1.807, 2.05) is 43.9 Å². The summed E-state index contributed by atoms with van der Waals surface area (Å²) in [6.07, 6.45) is 7.65. The van der Waals surface area contributed by atoms with Crippen LogP contribution in [0.4, 0.5) is 4.39 Å². The van der Waals surface area contributed by atoms with Crippen LogP contribution in [0.5, 0.6) is 0 Å². The molecule has 2 aliphatic rings. The molecule has 1 saturated heterocycles. The van der Waals surface area contributed by atoms with Crippen LogP contribution in [-0.2, 0) is 7.05 Å². The number of pyridine rings is 2. The van der Waals surface area contributed by atoms with Gasteiger partial charge in [0.05, 0.1) is 12.2 Å². The molecule has 0 aliphatic carbocycles. The van der Waals surface area contributed by atoms with Gasteiger partial charge in [-0.25, -0.2) is 14.1 Å². The molecule has 2 aliphatic heterocycles. The van der Waals surface area contributed by atoms with Crippen molar-refractivity contribution < 1.29 is 4.39 Å². The van der Waals surface area contributed by atoms with E-state index in [1.165, 1.54) is 0 Å². The first-order valence-electron chi connectivity index (χ1n) is 14.1. The van der Waals surface area contributed by atoms with Gasteiger partial charge in [0.15, 0.2) is 0 Å². The third-order valence-corrected chi connectivity index (χ3v) is 8.73. The van der Waals surface area contributed by atoms with Gasteiger partial charge < -0.3 is 0 Å². The molecule has 0 amide bonds. The maximum atomic E-state index is 16.8. The Labute approximate surface area is 243 Å². The number of nitrogens with zero attached hydrogens (tertiary/aromatic N) is 6. The molecule has 8 nitrogen and oxygen atoms in total. The first-order valence-corrected chi connectivity index (χ1v) is 14.5. The van der Waals surface area contributed by atoms with Crippen molar-refractivity contribution >= 4 is 39.1 Å². The molecule has 0 spiro atoms. The molecule has 3 aromatic heterocycles. The first-order chi connectivity index (χ1) is 19.6. The summed E-state index contributed by atoms with van der Waals surface area (Å²) >= 11 is 6.24. The molecular formula is C31H35ClFN7O. The predicted molar refractivity (Wildman–Crippen MR) is 162 cm³/mol. The second-order valence-electron chi connectivity index (χ2n) is 11.6. The van der Waals surface area contributed by atoms with E-state index in [9.17, 15) is 4.79 Å². The van der Waals surface area contributed by atoms with Gasteiger partial charge >= 0.3 is 0 Å². The number of nitrogens with one attached hydrogen (secondary N) is 1. The van der Waals surface area contributed by atoms with Crippen molar-refractivity contribution in [1.82, 2.24) is 29.5 Å². The highest BCUT2D eigenvalue weighted by molar-refractivity contribution is 6.31.